The number of benzene rings is 2. The SMILES string of the molecule is CC1(C)CC(Nc2cc(Cl)ccc2F)c2ccccc2O1. The van der Waals surface area contributed by atoms with Crippen LogP contribution in [0.5, 0.6) is 5.75 Å². The van der Waals surface area contributed by atoms with Crippen LogP contribution in [0.3, 0.4) is 0 Å². The highest BCUT2D eigenvalue weighted by atomic mass is 35.5. The molecule has 1 aliphatic rings. The lowest BCUT2D eigenvalue weighted by Gasteiger charge is -2.38. The van der Waals surface area contributed by atoms with Gasteiger partial charge in [-0.05, 0) is 38.1 Å². The highest BCUT2D eigenvalue weighted by Crippen LogP contribution is 2.41. The molecule has 1 atom stereocenters. The van der Waals surface area contributed by atoms with E-state index in [0.717, 1.165) is 17.7 Å². The third kappa shape index (κ3) is 2.98. The van der Waals surface area contributed by atoms with Crippen LogP contribution < -0.4 is 10.1 Å². The number of halogens is 2. The topological polar surface area (TPSA) is 21.3 Å². The molecule has 2 nitrogen and oxygen atoms in total. The highest BCUT2D eigenvalue weighted by molar-refractivity contribution is 6.30. The summed E-state index contributed by atoms with van der Waals surface area (Å²) in [6, 6.07) is 12.4. The Labute approximate surface area is 128 Å². The monoisotopic (exact) mass is 305 g/mol. The molecule has 4 heteroatoms. The molecule has 0 aromatic heterocycles. The van der Waals surface area contributed by atoms with Gasteiger partial charge in [0.25, 0.3) is 0 Å². The predicted octanol–water partition coefficient (Wildman–Crippen LogP) is 5.19. The summed E-state index contributed by atoms with van der Waals surface area (Å²) in [5.41, 5.74) is 1.15. The summed E-state index contributed by atoms with van der Waals surface area (Å²) in [4.78, 5) is 0. The van der Waals surface area contributed by atoms with Gasteiger partial charge >= 0.3 is 0 Å². The molecule has 21 heavy (non-hydrogen) atoms. The lowest BCUT2D eigenvalue weighted by molar-refractivity contribution is 0.0758. The average molecular weight is 306 g/mol. The summed E-state index contributed by atoms with van der Waals surface area (Å²) in [5, 5.41) is 3.77. The lowest BCUT2D eigenvalue weighted by atomic mass is 9.89. The van der Waals surface area contributed by atoms with Gasteiger partial charge in [-0.1, -0.05) is 29.8 Å². The Balaban J connectivity index is 1.96. The minimum atomic E-state index is -0.304. The first-order valence-corrected chi connectivity index (χ1v) is 7.32. The number of fused-ring (bicyclic) bond motifs is 1. The average Bonchev–Trinajstić information content (AvgIpc) is 2.41. The predicted molar refractivity (Wildman–Crippen MR) is 83.5 cm³/mol. The van der Waals surface area contributed by atoms with E-state index in [-0.39, 0.29) is 17.5 Å². The molecule has 0 fully saturated rings. The molecule has 1 unspecified atom stereocenters. The van der Waals surface area contributed by atoms with E-state index >= 15 is 0 Å². The molecule has 0 aliphatic carbocycles. The van der Waals surface area contributed by atoms with Gasteiger partial charge in [-0.25, -0.2) is 4.39 Å². The molecule has 110 valence electrons. The van der Waals surface area contributed by atoms with E-state index in [1.165, 1.54) is 6.07 Å². The molecule has 2 aromatic carbocycles. The number of para-hydroxylation sites is 1. The van der Waals surface area contributed by atoms with Gasteiger partial charge in [-0.15, -0.1) is 0 Å². The van der Waals surface area contributed by atoms with Crippen molar-refractivity contribution < 1.29 is 9.13 Å². The van der Waals surface area contributed by atoms with Crippen LogP contribution >= 0.6 is 11.6 Å². The Kier molecular flexibility index (Phi) is 3.54. The fraction of sp³-hybridized carbons (Fsp3) is 0.294. The number of rotatable bonds is 2. The zero-order valence-corrected chi connectivity index (χ0v) is 12.7. The number of hydrogen-bond donors (Lipinski definition) is 1. The second kappa shape index (κ2) is 5.23. The summed E-state index contributed by atoms with van der Waals surface area (Å²) in [7, 11) is 0. The first kappa shape index (κ1) is 14.2. The van der Waals surface area contributed by atoms with Crippen molar-refractivity contribution in [1.29, 1.82) is 0 Å². The van der Waals surface area contributed by atoms with Crippen LogP contribution in [-0.4, -0.2) is 5.60 Å². The Morgan fingerprint density at radius 3 is 2.81 bits per heavy atom. The number of nitrogens with one attached hydrogen (secondary N) is 1. The molecule has 0 radical (unpaired) electrons. The van der Waals surface area contributed by atoms with E-state index in [1.54, 1.807) is 12.1 Å². The summed E-state index contributed by atoms with van der Waals surface area (Å²) < 4.78 is 19.9. The van der Waals surface area contributed by atoms with Crippen molar-refractivity contribution in [1.82, 2.24) is 0 Å². The van der Waals surface area contributed by atoms with Crippen molar-refractivity contribution in [3.8, 4) is 5.75 Å². The van der Waals surface area contributed by atoms with E-state index in [4.69, 9.17) is 16.3 Å². The summed E-state index contributed by atoms with van der Waals surface area (Å²) >= 11 is 5.96. The smallest absolute Gasteiger partial charge is 0.146 e. The molecule has 0 spiro atoms. The molecular formula is C17H17ClFNO. The van der Waals surface area contributed by atoms with Crippen molar-refractivity contribution in [3.05, 3.63) is 58.9 Å². The van der Waals surface area contributed by atoms with Crippen LogP contribution in [0.2, 0.25) is 5.02 Å². The van der Waals surface area contributed by atoms with E-state index in [0.29, 0.717) is 10.7 Å². The van der Waals surface area contributed by atoms with E-state index in [9.17, 15) is 4.39 Å². The number of anilines is 1. The van der Waals surface area contributed by atoms with E-state index < -0.39 is 0 Å². The molecule has 2 aromatic rings. The van der Waals surface area contributed by atoms with Crippen molar-refractivity contribution in [2.45, 2.75) is 31.9 Å². The summed E-state index contributed by atoms with van der Waals surface area (Å²) in [6.07, 6.45) is 0.746. The molecule has 0 amide bonds. The van der Waals surface area contributed by atoms with Gasteiger partial charge in [0.1, 0.15) is 17.2 Å². The molecule has 0 saturated heterocycles. The molecule has 1 N–H and O–H groups in total. The fourth-order valence-electron chi connectivity index (χ4n) is 2.73. The maximum absolute atomic E-state index is 13.9. The maximum Gasteiger partial charge on any atom is 0.146 e. The van der Waals surface area contributed by atoms with Crippen LogP contribution in [0.25, 0.3) is 0 Å². The number of hydrogen-bond acceptors (Lipinski definition) is 2. The van der Waals surface area contributed by atoms with E-state index in [1.807, 2.05) is 38.1 Å². The first-order valence-electron chi connectivity index (χ1n) is 6.94. The normalized spacial score (nSPS) is 19.5. The highest BCUT2D eigenvalue weighted by Gasteiger charge is 2.33. The van der Waals surface area contributed by atoms with Gasteiger partial charge in [0.15, 0.2) is 0 Å². The third-order valence-corrected chi connectivity index (χ3v) is 3.87. The minimum absolute atomic E-state index is 0.0158. The molecule has 3 rings (SSSR count). The molecule has 1 aliphatic heterocycles. The third-order valence-electron chi connectivity index (χ3n) is 3.63. The van der Waals surface area contributed by atoms with Gasteiger partial charge in [0, 0.05) is 17.0 Å². The zero-order valence-electron chi connectivity index (χ0n) is 12.0. The minimum Gasteiger partial charge on any atom is -0.487 e. The van der Waals surface area contributed by atoms with Gasteiger partial charge in [0.2, 0.25) is 0 Å². The molecule has 1 heterocycles. The van der Waals surface area contributed by atoms with Crippen LogP contribution in [0.1, 0.15) is 31.9 Å². The maximum atomic E-state index is 13.9. The van der Waals surface area contributed by atoms with Crippen molar-refractivity contribution in [2.24, 2.45) is 0 Å². The van der Waals surface area contributed by atoms with Crippen LogP contribution in [0, 0.1) is 5.82 Å². The molecular weight excluding hydrogens is 289 g/mol. The lowest BCUT2D eigenvalue weighted by Crippen LogP contribution is -2.37. The van der Waals surface area contributed by atoms with Gasteiger partial charge < -0.3 is 10.1 Å². The van der Waals surface area contributed by atoms with E-state index in [2.05, 4.69) is 5.32 Å². The second-order valence-corrected chi connectivity index (χ2v) is 6.36. The quantitative estimate of drug-likeness (QED) is 0.824. The molecule has 0 saturated carbocycles. The standard InChI is InChI=1S/C17H17ClFNO/c1-17(2)10-15(12-5-3-4-6-16(12)21-17)20-14-9-11(18)7-8-13(14)19/h3-9,15,20H,10H2,1-2H3. The Bertz CT molecular complexity index is 672. The summed E-state index contributed by atoms with van der Waals surface area (Å²) in [6.45, 7) is 4.07. The zero-order chi connectivity index (χ0) is 15.0. The van der Waals surface area contributed by atoms with Crippen molar-refractivity contribution in [2.75, 3.05) is 5.32 Å². The first-order chi connectivity index (χ1) is 9.94. The fourth-order valence-corrected chi connectivity index (χ4v) is 2.90. The Morgan fingerprint density at radius 1 is 1.24 bits per heavy atom. The number of ether oxygens (including phenoxy) is 1. The van der Waals surface area contributed by atoms with Crippen LogP contribution in [0.15, 0.2) is 42.5 Å². The van der Waals surface area contributed by atoms with Gasteiger partial charge in [0.05, 0.1) is 11.7 Å². The Hall–Kier alpha value is -1.74. The van der Waals surface area contributed by atoms with Gasteiger partial charge in [-0.2, -0.15) is 0 Å². The molecule has 0 bridgehead atoms. The largest absolute Gasteiger partial charge is 0.487 e. The van der Waals surface area contributed by atoms with Gasteiger partial charge in [-0.3, -0.25) is 0 Å². The summed E-state index contributed by atoms with van der Waals surface area (Å²) in [5.74, 6) is 0.537. The van der Waals surface area contributed by atoms with Crippen molar-refractivity contribution >= 4 is 17.3 Å². The Morgan fingerprint density at radius 2 is 2.00 bits per heavy atom. The van der Waals surface area contributed by atoms with Crippen LogP contribution in [0.4, 0.5) is 10.1 Å². The van der Waals surface area contributed by atoms with Crippen molar-refractivity contribution in [3.63, 3.8) is 0 Å². The van der Waals surface area contributed by atoms with Crippen LogP contribution in [-0.2, 0) is 0 Å². The second-order valence-electron chi connectivity index (χ2n) is 5.92.